The molecule has 1 amide bonds. The van der Waals surface area contributed by atoms with Crippen LogP contribution in [0.3, 0.4) is 0 Å². The molecule has 0 aromatic heterocycles. The van der Waals surface area contributed by atoms with E-state index in [9.17, 15) is 4.79 Å². The van der Waals surface area contributed by atoms with Gasteiger partial charge in [-0.1, -0.05) is 35.0 Å². The molecule has 0 aliphatic rings. The maximum atomic E-state index is 10.6. The lowest BCUT2D eigenvalue weighted by Crippen LogP contribution is -2.23. The Kier molecular flexibility index (Phi) is 6.22. The lowest BCUT2D eigenvalue weighted by atomic mass is 10.0. The fraction of sp³-hybridized carbons (Fsp3) is 0.462. The summed E-state index contributed by atoms with van der Waals surface area (Å²) in [6.07, 6.45) is 2.26. The van der Waals surface area contributed by atoms with E-state index in [1.165, 1.54) is 5.56 Å². The predicted octanol–water partition coefficient (Wildman–Crippen LogP) is 2.76. The van der Waals surface area contributed by atoms with E-state index in [2.05, 4.69) is 40.3 Å². The Bertz CT molecular complexity index is 368. The first-order valence-electron chi connectivity index (χ1n) is 5.90. The Labute approximate surface area is 111 Å². The minimum atomic E-state index is -0.234. The summed E-state index contributed by atoms with van der Waals surface area (Å²) in [4.78, 5) is 10.6. The summed E-state index contributed by atoms with van der Waals surface area (Å²) in [5.41, 5.74) is 6.36. The highest BCUT2D eigenvalue weighted by atomic mass is 79.9. The second-order valence-corrected chi connectivity index (χ2v) is 4.96. The molecule has 0 fully saturated rings. The zero-order valence-electron chi connectivity index (χ0n) is 10.1. The Hall–Kier alpha value is -0.870. The normalized spacial score (nSPS) is 12.4. The SMILES string of the molecule is CCC(NCCCC(N)=O)c1cccc(Br)c1. The molecule has 0 saturated heterocycles. The quantitative estimate of drug-likeness (QED) is 0.761. The summed E-state index contributed by atoms with van der Waals surface area (Å²) in [6.45, 7) is 2.96. The monoisotopic (exact) mass is 298 g/mol. The molecule has 94 valence electrons. The number of carbonyl (C=O) groups is 1. The molecular formula is C13H19BrN2O. The number of rotatable bonds is 7. The number of primary amides is 1. The third-order valence-electron chi connectivity index (χ3n) is 2.65. The minimum absolute atomic E-state index is 0.234. The highest BCUT2D eigenvalue weighted by Crippen LogP contribution is 2.20. The van der Waals surface area contributed by atoms with Crippen molar-refractivity contribution in [2.75, 3.05) is 6.54 Å². The highest BCUT2D eigenvalue weighted by molar-refractivity contribution is 9.10. The van der Waals surface area contributed by atoms with Crippen LogP contribution in [0.2, 0.25) is 0 Å². The van der Waals surface area contributed by atoms with Gasteiger partial charge in [-0.25, -0.2) is 0 Å². The van der Waals surface area contributed by atoms with Gasteiger partial charge in [-0.15, -0.1) is 0 Å². The van der Waals surface area contributed by atoms with Gasteiger partial charge in [0, 0.05) is 16.9 Å². The van der Waals surface area contributed by atoms with Crippen molar-refractivity contribution in [3.05, 3.63) is 34.3 Å². The second kappa shape index (κ2) is 7.45. The van der Waals surface area contributed by atoms with Crippen molar-refractivity contribution in [2.45, 2.75) is 32.2 Å². The van der Waals surface area contributed by atoms with E-state index in [1.807, 2.05) is 12.1 Å². The van der Waals surface area contributed by atoms with E-state index in [4.69, 9.17) is 5.73 Å². The van der Waals surface area contributed by atoms with Crippen LogP contribution < -0.4 is 11.1 Å². The lowest BCUT2D eigenvalue weighted by Gasteiger charge is -2.17. The Morgan fingerprint density at radius 2 is 2.29 bits per heavy atom. The maximum absolute atomic E-state index is 10.6. The number of hydrogen-bond donors (Lipinski definition) is 2. The van der Waals surface area contributed by atoms with E-state index in [-0.39, 0.29) is 5.91 Å². The van der Waals surface area contributed by atoms with E-state index < -0.39 is 0 Å². The third-order valence-corrected chi connectivity index (χ3v) is 3.14. The largest absolute Gasteiger partial charge is 0.370 e. The molecule has 0 bridgehead atoms. The third kappa shape index (κ3) is 5.33. The van der Waals surface area contributed by atoms with Gasteiger partial charge in [0.2, 0.25) is 5.91 Å². The maximum Gasteiger partial charge on any atom is 0.217 e. The van der Waals surface area contributed by atoms with Gasteiger partial charge in [-0.05, 0) is 37.1 Å². The highest BCUT2D eigenvalue weighted by Gasteiger charge is 2.08. The van der Waals surface area contributed by atoms with Gasteiger partial charge in [0.15, 0.2) is 0 Å². The van der Waals surface area contributed by atoms with E-state index in [1.54, 1.807) is 0 Å². The average Bonchev–Trinajstić information content (AvgIpc) is 2.29. The van der Waals surface area contributed by atoms with Gasteiger partial charge in [0.05, 0.1) is 0 Å². The Morgan fingerprint density at radius 1 is 1.53 bits per heavy atom. The molecule has 3 N–H and O–H groups in total. The Morgan fingerprint density at radius 3 is 2.88 bits per heavy atom. The molecule has 0 aliphatic carbocycles. The van der Waals surface area contributed by atoms with Crippen LogP contribution in [0.15, 0.2) is 28.7 Å². The van der Waals surface area contributed by atoms with Crippen LogP contribution >= 0.6 is 15.9 Å². The molecule has 0 heterocycles. The predicted molar refractivity (Wildman–Crippen MR) is 73.6 cm³/mol. The summed E-state index contributed by atoms with van der Waals surface area (Å²) in [6, 6.07) is 8.62. The number of nitrogens with one attached hydrogen (secondary N) is 1. The smallest absolute Gasteiger partial charge is 0.217 e. The molecule has 0 saturated carbocycles. The summed E-state index contributed by atoms with van der Waals surface area (Å²) in [5.74, 6) is -0.234. The van der Waals surface area contributed by atoms with Crippen LogP contribution in [0.5, 0.6) is 0 Å². The van der Waals surface area contributed by atoms with Crippen molar-refractivity contribution in [3.8, 4) is 0 Å². The molecular weight excluding hydrogens is 280 g/mol. The fourth-order valence-corrected chi connectivity index (χ4v) is 2.18. The van der Waals surface area contributed by atoms with Crippen LogP contribution in [0.25, 0.3) is 0 Å². The number of nitrogens with two attached hydrogens (primary N) is 1. The van der Waals surface area contributed by atoms with Gasteiger partial charge >= 0.3 is 0 Å². The average molecular weight is 299 g/mol. The molecule has 17 heavy (non-hydrogen) atoms. The van der Waals surface area contributed by atoms with Crippen molar-refractivity contribution in [3.63, 3.8) is 0 Å². The molecule has 1 aromatic carbocycles. The molecule has 0 aliphatic heterocycles. The molecule has 0 spiro atoms. The number of carbonyl (C=O) groups excluding carboxylic acids is 1. The van der Waals surface area contributed by atoms with Crippen LogP contribution in [-0.2, 0) is 4.79 Å². The number of amides is 1. The second-order valence-electron chi connectivity index (χ2n) is 4.04. The van der Waals surface area contributed by atoms with Gasteiger partial charge in [-0.2, -0.15) is 0 Å². The van der Waals surface area contributed by atoms with Gasteiger partial charge in [-0.3, -0.25) is 4.79 Å². The molecule has 4 heteroatoms. The zero-order chi connectivity index (χ0) is 12.7. The van der Waals surface area contributed by atoms with E-state index >= 15 is 0 Å². The zero-order valence-corrected chi connectivity index (χ0v) is 11.7. The molecule has 0 radical (unpaired) electrons. The van der Waals surface area contributed by atoms with Crippen molar-refractivity contribution in [1.82, 2.24) is 5.32 Å². The van der Waals surface area contributed by atoms with Crippen LogP contribution in [0.1, 0.15) is 37.8 Å². The van der Waals surface area contributed by atoms with Gasteiger partial charge in [0.1, 0.15) is 0 Å². The van der Waals surface area contributed by atoms with Crippen molar-refractivity contribution in [2.24, 2.45) is 5.73 Å². The lowest BCUT2D eigenvalue weighted by molar-refractivity contribution is -0.118. The minimum Gasteiger partial charge on any atom is -0.370 e. The summed E-state index contributed by atoms with van der Waals surface area (Å²) in [5, 5.41) is 3.44. The molecule has 3 nitrogen and oxygen atoms in total. The molecule has 1 atom stereocenters. The first-order valence-corrected chi connectivity index (χ1v) is 6.70. The summed E-state index contributed by atoms with van der Waals surface area (Å²) >= 11 is 3.47. The van der Waals surface area contributed by atoms with Crippen molar-refractivity contribution < 1.29 is 4.79 Å². The first-order chi connectivity index (χ1) is 8.13. The van der Waals surface area contributed by atoms with Gasteiger partial charge in [0.25, 0.3) is 0 Å². The molecule has 1 aromatic rings. The standard InChI is InChI=1S/C13H19BrN2O/c1-2-12(16-8-4-7-13(15)17)10-5-3-6-11(14)9-10/h3,5-6,9,12,16H,2,4,7-8H2,1H3,(H2,15,17). The topological polar surface area (TPSA) is 55.1 Å². The van der Waals surface area contributed by atoms with Gasteiger partial charge < -0.3 is 11.1 Å². The van der Waals surface area contributed by atoms with Crippen LogP contribution in [-0.4, -0.2) is 12.5 Å². The summed E-state index contributed by atoms with van der Waals surface area (Å²) in [7, 11) is 0. The van der Waals surface area contributed by atoms with Crippen molar-refractivity contribution in [1.29, 1.82) is 0 Å². The summed E-state index contributed by atoms with van der Waals surface area (Å²) < 4.78 is 1.09. The molecule has 1 unspecified atom stereocenters. The first kappa shape index (κ1) is 14.2. The van der Waals surface area contributed by atoms with Crippen LogP contribution in [0.4, 0.5) is 0 Å². The Balaban J connectivity index is 2.45. The van der Waals surface area contributed by atoms with E-state index in [0.29, 0.717) is 12.5 Å². The van der Waals surface area contributed by atoms with Crippen molar-refractivity contribution >= 4 is 21.8 Å². The number of benzene rings is 1. The van der Waals surface area contributed by atoms with E-state index in [0.717, 1.165) is 23.9 Å². The number of hydrogen-bond acceptors (Lipinski definition) is 2. The fourth-order valence-electron chi connectivity index (χ4n) is 1.76. The number of halogens is 1. The molecule has 1 rings (SSSR count). The van der Waals surface area contributed by atoms with Crippen LogP contribution in [0, 0.1) is 0 Å².